The Kier molecular flexibility index (Phi) is 18.1. The number of hydrogen-bond acceptors (Lipinski definition) is 10. The van der Waals surface area contributed by atoms with Crippen LogP contribution in [0.5, 0.6) is 0 Å². The maximum Gasteiger partial charge on any atom is 0.258 e. The molecule has 342 valence electrons. The van der Waals surface area contributed by atoms with Crippen molar-refractivity contribution in [1.29, 1.82) is 0 Å². The van der Waals surface area contributed by atoms with Crippen LogP contribution in [0.2, 0.25) is 40.2 Å². The molecule has 4 amide bonds. The van der Waals surface area contributed by atoms with Gasteiger partial charge in [-0.1, -0.05) is 107 Å². The summed E-state index contributed by atoms with van der Waals surface area (Å²) in [5.41, 5.74) is 2.41. The van der Waals surface area contributed by atoms with Crippen LogP contribution in [-0.2, 0) is 32.0 Å². The van der Waals surface area contributed by atoms with Crippen molar-refractivity contribution in [2.75, 3.05) is 21.3 Å². The van der Waals surface area contributed by atoms with Gasteiger partial charge in [0.05, 0.1) is 74.1 Å². The van der Waals surface area contributed by atoms with Crippen molar-refractivity contribution in [3.05, 3.63) is 135 Å². The second-order valence-corrected chi connectivity index (χ2v) is 17.2. The average Bonchev–Trinajstić information content (AvgIpc) is 3.25. The minimum absolute atomic E-state index is 0.0191. The molecule has 5 aromatic rings. The highest BCUT2D eigenvalue weighted by Crippen LogP contribution is 2.36. The zero-order valence-corrected chi connectivity index (χ0v) is 40.8. The Morgan fingerprint density at radius 1 is 0.439 bits per heavy atom. The monoisotopic (exact) mass is 1050 g/mol. The van der Waals surface area contributed by atoms with Crippen molar-refractivity contribution in [3.63, 3.8) is 0 Å². The minimum atomic E-state index is -1.60. The van der Waals surface area contributed by atoms with Crippen molar-refractivity contribution >= 4 is 162 Å². The third kappa shape index (κ3) is 12.8. The number of rotatable bonds is 16. The molecule has 14 nitrogen and oxygen atoms in total. The molecular formula is C44H34Cl8N8O6. The summed E-state index contributed by atoms with van der Waals surface area (Å²) in [7, 11) is 0. The molecular weight excluding hydrogens is 1020 g/mol. The number of anilines is 4. The van der Waals surface area contributed by atoms with Crippen molar-refractivity contribution in [2.45, 2.75) is 52.6 Å². The van der Waals surface area contributed by atoms with Gasteiger partial charge in [-0.2, -0.15) is 20.5 Å². The molecule has 0 radical (unpaired) electrons. The molecule has 0 spiro atoms. The number of amides is 4. The van der Waals surface area contributed by atoms with Gasteiger partial charge in [0.15, 0.2) is 11.6 Å². The Hall–Kier alpha value is -5.16. The lowest BCUT2D eigenvalue weighted by Gasteiger charge is -2.20. The molecule has 0 aliphatic heterocycles. The summed E-state index contributed by atoms with van der Waals surface area (Å²) < 4.78 is 0. The lowest BCUT2D eigenvalue weighted by molar-refractivity contribution is -0.127. The van der Waals surface area contributed by atoms with Gasteiger partial charge in [-0.15, -0.1) is 0 Å². The van der Waals surface area contributed by atoms with Gasteiger partial charge >= 0.3 is 0 Å². The van der Waals surface area contributed by atoms with Crippen molar-refractivity contribution in [2.24, 2.45) is 20.5 Å². The number of hydrogen-bond donors (Lipinski definition) is 4. The van der Waals surface area contributed by atoms with Gasteiger partial charge in [0.2, 0.25) is 12.1 Å². The second-order valence-electron chi connectivity index (χ2n) is 14.0. The van der Waals surface area contributed by atoms with Gasteiger partial charge in [-0.25, -0.2) is 0 Å². The van der Waals surface area contributed by atoms with Gasteiger partial charge in [-0.05, 0) is 111 Å². The van der Waals surface area contributed by atoms with Crippen LogP contribution in [0.25, 0.3) is 0 Å². The van der Waals surface area contributed by atoms with Crippen LogP contribution < -0.4 is 21.3 Å². The summed E-state index contributed by atoms with van der Waals surface area (Å²) in [6.45, 7) is 5.99. The number of carbonyl (C=O) groups excluding carboxylic acids is 6. The van der Waals surface area contributed by atoms with E-state index in [0.717, 1.165) is 0 Å². The van der Waals surface area contributed by atoms with E-state index < -0.39 is 47.3 Å². The second kappa shape index (κ2) is 23.0. The Morgan fingerprint density at radius 2 is 0.788 bits per heavy atom. The van der Waals surface area contributed by atoms with Crippen LogP contribution in [0.15, 0.2) is 93.3 Å². The van der Waals surface area contributed by atoms with E-state index in [2.05, 4.69) is 41.7 Å². The molecule has 66 heavy (non-hydrogen) atoms. The normalized spacial score (nSPS) is 12.2. The first-order chi connectivity index (χ1) is 31.2. The molecule has 0 saturated carbocycles. The van der Waals surface area contributed by atoms with Gasteiger partial charge < -0.3 is 21.3 Å². The van der Waals surface area contributed by atoms with Crippen LogP contribution in [0, 0.1) is 0 Å². The Labute approximate surface area is 417 Å². The average molecular weight is 1050 g/mol. The SMILES string of the molecule is CCc1c(NC(=O)C(N=Nc2ccc(Cl)c(C(=O)Nc3cc(Cl)c(Cl)cc3Cl)c2)C(C)=O)ccc(NC(=O)C(N=Nc2ccc(Cl)c(C(=O)Nc3cc(Cl)c(Cl)cc3Cl)c2)C(C)=O)c1CC. The van der Waals surface area contributed by atoms with Gasteiger partial charge in [0.25, 0.3) is 23.6 Å². The summed E-state index contributed by atoms with van der Waals surface area (Å²) in [6.07, 6.45) is 0.745. The van der Waals surface area contributed by atoms with Crippen LogP contribution in [-0.4, -0.2) is 47.3 Å². The fourth-order valence-corrected chi connectivity index (χ4v) is 7.73. The summed E-state index contributed by atoms with van der Waals surface area (Å²) in [5, 5.41) is 27.9. The maximum atomic E-state index is 13.6. The van der Waals surface area contributed by atoms with E-state index in [1.165, 1.54) is 86.6 Å². The molecule has 0 fully saturated rings. The molecule has 0 saturated heterocycles. The number of nitrogens with one attached hydrogen (secondary N) is 4. The first-order valence-corrected chi connectivity index (χ1v) is 22.3. The van der Waals surface area contributed by atoms with E-state index in [0.29, 0.717) is 35.3 Å². The predicted molar refractivity (Wildman–Crippen MR) is 262 cm³/mol. The third-order valence-corrected chi connectivity index (χ3v) is 12.1. The summed E-state index contributed by atoms with van der Waals surface area (Å²) >= 11 is 49.2. The lowest BCUT2D eigenvalue weighted by atomic mass is 9.98. The van der Waals surface area contributed by atoms with Crippen LogP contribution in [0.4, 0.5) is 34.1 Å². The van der Waals surface area contributed by atoms with Crippen molar-refractivity contribution in [1.82, 2.24) is 0 Å². The number of Topliss-reactive ketones (excluding diaryl/α,β-unsaturated/α-hetero) is 2. The molecule has 2 unspecified atom stereocenters. The highest BCUT2D eigenvalue weighted by atomic mass is 35.5. The number of halogens is 8. The number of ketones is 2. The number of nitrogens with zero attached hydrogens (tertiary/aromatic N) is 4. The highest BCUT2D eigenvalue weighted by molar-refractivity contribution is 6.45. The largest absolute Gasteiger partial charge is 0.323 e. The van der Waals surface area contributed by atoms with Crippen LogP contribution >= 0.6 is 92.8 Å². The molecule has 0 aliphatic carbocycles. The molecule has 0 aliphatic rings. The Bertz CT molecular complexity index is 2670. The summed E-state index contributed by atoms with van der Waals surface area (Å²) in [4.78, 5) is 78.9. The van der Waals surface area contributed by atoms with Gasteiger partial charge in [0.1, 0.15) is 0 Å². The van der Waals surface area contributed by atoms with Gasteiger partial charge in [-0.3, -0.25) is 28.8 Å². The number of carbonyl (C=O) groups is 6. The quantitative estimate of drug-likeness (QED) is 0.0430. The smallest absolute Gasteiger partial charge is 0.258 e. The number of benzene rings is 5. The summed E-state index contributed by atoms with van der Waals surface area (Å²) in [6, 6.07) is 13.6. The molecule has 4 N–H and O–H groups in total. The zero-order valence-electron chi connectivity index (χ0n) is 34.8. The molecule has 0 bridgehead atoms. The van der Waals surface area contributed by atoms with Crippen molar-refractivity contribution in [3.8, 4) is 0 Å². The maximum absolute atomic E-state index is 13.6. The lowest BCUT2D eigenvalue weighted by Crippen LogP contribution is -2.33. The topological polar surface area (TPSA) is 200 Å². The van der Waals surface area contributed by atoms with E-state index in [4.69, 9.17) is 92.8 Å². The molecule has 0 aromatic heterocycles. The third-order valence-electron chi connectivity index (χ3n) is 9.40. The fraction of sp³-hybridized carbons (Fsp3) is 0.182. The van der Waals surface area contributed by atoms with Crippen LogP contribution in [0.1, 0.15) is 59.5 Å². The van der Waals surface area contributed by atoms with Crippen molar-refractivity contribution < 1.29 is 28.8 Å². The minimum Gasteiger partial charge on any atom is -0.323 e. The first kappa shape index (κ1) is 51.8. The fourth-order valence-electron chi connectivity index (χ4n) is 6.14. The Morgan fingerprint density at radius 3 is 1.12 bits per heavy atom. The van der Waals surface area contributed by atoms with E-state index in [1.807, 2.05) is 13.8 Å². The highest BCUT2D eigenvalue weighted by Gasteiger charge is 2.27. The molecule has 22 heteroatoms. The van der Waals surface area contributed by atoms with E-state index >= 15 is 0 Å². The van der Waals surface area contributed by atoms with Gasteiger partial charge in [0, 0.05) is 11.4 Å². The van der Waals surface area contributed by atoms with E-state index in [9.17, 15) is 28.8 Å². The number of azo groups is 2. The van der Waals surface area contributed by atoms with E-state index in [-0.39, 0.29) is 74.1 Å². The molecule has 0 heterocycles. The van der Waals surface area contributed by atoms with E-state index in [1.54, 1.807) is 0 Å². The standard InChI is InChI=1S/C44H34Cl8N8O6/c1-5-23-24(6-2)36(54-44(66)40(20(4)62)60-58-22-8-10-28(46)26(14-22)42(64)56-38-18-32(50)30(48)16-34(38)52)12-11-35(23)53-43(65)39(19(3)61)59-57-21-7-9-27(45)25(13-21)41(63)55-37-17-31(49)29(47)15-33(37)51/h7-18,39-40H,5-6H2,1-4H3,(H,53,65)(H,54,66)(H,55,63)(H,56,64). The molecule has 5 rings (SSSR count). The molecule has 5 aromatic carbocycles. The Balaban J connectivity index is 1.31. The summed E-state index contributed by atoms with van der Waals surface area (Å²) in [5.74, 6) is -4.21. The first-order valence-electron chi connectivity index (χ1n) is 19.3. The zero-order chi connectivity index (χ0) is 48.6. The predicted octanol–water partition coefficient (Wildman–Crippen LogP) is 13.9. The molecule has 2 atom stereocenters. The van der Waals surface area contributed by atoms with Crippen LogP contribution in [0.3, 0.4) is 0 Å².